The van der Waals surface area contributed by atoms with Crippen LogP contribution in [0.1, 0.15) is 30.4 Å². The second-order valence-electron chi connectivity index (χ2n) is 5.49. The Morgan fingerprint density at radius 3 is 2.81 bits per heavy atom. The summed E-state index contributed by atoms with van der Waals surface area (Å²) in [5, 5.41) is 6.77. The third-order valence-electron chi connectivity index (χ3n) is 3.99. The van der Waals surface area contributed by atoms with E-state index >= 15 is 0 Å². The molecule has 0 aliphatic carbocycles. The van der Waals surface area contributed by atoms with Gasteiger partial charge in [-0.15, -0.1) is 0 Å². The van der Waals surface area contributed by atoms with Crippen molar-refractivity contribution in [2.75, 3.05) is 13.1 Å². The summed E-state index contributed by atoms with van der Waals surface area (Å²) in [5.74, 6) is 1.20. The fourth-order valence-corrected chi connectivity index (χ4v) is 2.77. The highest BCUT2D eigenvalue weighted by atomic mass is 15.1. The minimum atomic E-state index is 0.983. The van der Waals surface area contributed by atoms with Crippen LogP contribution in [0.3, 0.4) is 0 Å². The van der Waals surface area contributed by atoms with Gasteiger partial charge in [-0.2, -0.15) is 0 Å². The first-order chi connectivity index (χ1) is 10.3. The molecule has 21 heavy (non-hydrogen) atoms. The quantitative estimate of drug-likeness (QED) is 0.847. The van der Waals surface area contributed by atoms with Crippen molar-refractivity contribution >= 4 is 11.0 Å². The average Bonchev–Trinajstić information content (AvgIpc) is 2.55. The molecular weight excluding hydrogens is 260 g/mol. The van der Waals surface area contributed by atoms with E-state index < -0.39 is 0 Å². The summed E-state index contributed by atoms with van der Waals surface area (Å²) in [7, 11) is 0. The van der Waals surface area contributed by atoms with Gasteiger partial charge in [-0.3, -0.25) is 9.97 Å². The van der Waals surface area contributed by atoms with E-state index in [1.54, 1.807) is 12.4 Å². The predicted octanol–water partition coefficient (Wildman–Crippen LogP) is 2.69. The number of nitrogens with zero attached hydrogens (tertiary/aromatic N) is 2. The minimum absolute atomic E-state index is 0.983. The van der Waals surface area contributed by atoms with Crippen LogP contribution >= 0.6 is 0 Å². The SMILES string of the molecule is Cc1c(CCCC=C2NCCCN2)ccc2nccnc12. The normalized spacial score (nSPS) is 14.6. The van der Waals surface area contributed by atoms with Crippen LogP contribution in [0.4, 0.5) is 0 Å². The van der Waals surface area contributed by atoms with E-state index in [0.717, 1.165) is 43.4 Å². The molecule has 2 aromatic rings. The Morgan fingerprint density at radius 2 is 1.95 bits per heavy atom. The zero-order valence-corrected chi connectivity index (χ0v) is 12.5. The molecule has 0 radical (unpaired) electrons. The lowest BCUT2D eigenvalue weighted by molar-refractivity contribution is 0.568. The Bertz CT molecular complexity index is 640. The van der Waals surface area contributed by atoms with E-state index in [-0.39, 0.29) is 0 Å². The third-order valence-corrected chi connectivity index (χ3v) is 3.99. The predicted molar refractivity (Wildman–Crippen MR) is 85.9 cm³/mol. The van der Waals surface area contributed by atoms with Gasteiger partial charge in [0.25, 0.3) is 0 Å². The number of hydrogen-bond acceptors (Lipinski definition) is 4. The van der Waals surface area contributed by atoms with Crippen molar-refractivity contribution in [1.29, 1.82) is 0 Å². The Kier molecular flexibility index (Phi) is 4.34. The van der Waals surface area contributed by atoms with Crippen LogP contribution in [0, 0.1) is 6.92 Å². The molecule has 0 atom stereocenters. The van der Waals surface area contributed by atoms with Gasteiger partial charge in [0.1, 0.15) is 0 Å². The molecule has 1 aromatic carbocycles. The third kappa shape index (κ3) is 3.32. The van der Waals surface area contributed by atoms with Crippen molar-refractivity contribution in [2.24, 2.45) is 0 Å². The molecule has 110 valence electrons. The number of hydrogen-bond donors (Lipinski definition) is 2. The highest BCUT2D eigenvalue weighted by Gasteiger charge is 2.05. The molecule has 4 heteroatoms. The van der Waals surface area contributed by atoms with E-state index in [9.17, 15) is 0 Å². The molecule has 1 aliphatic rings. The monoisotopic (exact) mass is 282 g/mol. The number of aryl methyl sites for hydroxylation is 2. The summed E-state index contributed by atoms with van der Waals surface area (Å²) in [6.07, 6.45) is 10.3. The van der Waals surface area contributed by atoms with Crippen LogP contribution in [0.25, 0.3) is 11.0 Å². The van der Waals surface area contributed by atoms with Crippen LogP contribution < -0.4 is 10.6 Å². The van der Waals surface area contributed by atoms with Crippen LogP contribution in [0.5, 0.6) is 0 Å². The molecule has 4 nitrogen and oxygen atoms in total. The van der Waals surface area contributed by atoms with E-state index in [1.165, 1.54) is 23.4 Å². The number of nitrogens with one attached hydrogen (secondary N) is 2. The van der Waals surface area contributed by atoms with Crippen molar-refractivity contribution in [3.63, 3.8) is 0 Å². The fraction of sp³-hybridized carbons (Fsp3) is 0.412. The first-order valence-electron chi connectivity index (χ1n) is 7.72. The average molecular weight is 282 g/mol. The van der Waals surface area contributed by atoms with Gasteiger partial charge in [-0.25, -0.2) is 0 Å². The lowest BCUT2D eigenvalue weighted by Crippen LogP contribution is -2.34. The minimum Gasteiger partial charge on any atom is -0.372 e. The smallest absolute Gasteiger partial charge is 0.0945 e. The zero-order valence-electron chi connectivity index (χ0n) is 12.5. The standard InChI is InChI=1S/C17H22N4/c1-13-14(7-8-15-17(13)21-12-11-18-15)5-2-3-6-16-19-9-4-10-20-16/h6-8,11-12,19-20H,2-5,9-10H2,1H3. The lowest BCUT2D eigenvalue weighted by atomic mass is 10.0. The van der Waals surface area contributed by atoms with Gasteiger partial charge in [0.2, 0.25) is 0 Å². The Morgan fingerprint density at radius 1 is 1.14 bits per heavy atom. The summed E-state index contributed by atoms with van der Waals surface area (Å²) in [4.78, 5) is 8.80. The number of fused-ring (bicyclic) bond motifs is 1. The number of allylic oxidation sites excluding steroid dienone is 1. The Balaban J connectivity index is 1.61. The molecule has 0 amide bonds. The van der Waals surface area contributed by atoms with Crippen molar-refractivity contribution < 1.29 is 0 Å². The Labute approximate surface area is 125 Å². The summed E-state index contributed by atoms with van der Waals surface area (Å²) in [6, 6.07) is 4.27. The molecule has 1 aliphatic heterocycles. The molecule has 1 saturated heterocycles. The van der Waals surface area contributed by atoms with Gasteiger partial charge in [0.15, 0.2) is 0 Å². The van der Waals surface area contributed by atoms with Gasteiger partial charge in [-0.05, 0) is 55.9 Å². The molecule has 0 spiro atoms. The second-order valence-corrected chi connectivity index (χ2v) is 5.49. The van der Waals surface area contributed by atoms with Crippen molar-refractivity contribution in [1.82, 2.24) is 20.6 Å². The summed E-state index contributed by atoms with van der Waals surface area (Å²) in [6.45, 7) is 4.32. The molecule has 2 N–H and O–H groups in total. The van der Waals surface area contributed by atoms with Gasteiger partial charge in [0.05, 0.1) is 16.9 Å². The lowest BCUT2D eigenvalue weighted by Gasteiger charge is -2.19. The molecular formula is C17H22N4. The topological polar surface area (TPSA) is 49.8 Å². The van der Waals surface area contributed by atoms with Crippen LogP contribution in [-0.2, 0) is 6.42 Å². The van der Waals surface area contributed by atoms with Gasteiger partial charge in [0, 0.05) is 25.5 Å². The Hall–Kier alpha value is -2.10. The van der Waals surface area contributed by atoms with E-state index in [0.29, 0.717) is 0 Å². The summed E-state index contributed by atoms with van der Waals surface area (Å²) >= 11 is 0. The largest absolute Gasteiger partial charge is 0.372 e. The van der Waals surface area contributed by atoms with E-state index in [2.05, 4.69) is 45.7 Å². The van der Waals surface area contributed by atoms with E-state index in [1.807, 2.05) is 0 Å². The van der Waals surface area contributed by atoms with Crippen LogP contribution in [0.2, 0.25) is 0 Å². The number of aromatic nitrogens is 2. The molecule has 1 aromatic heterocycles. The highest BCUT2D eigenvalue weighted by molar-refractivity contribution is 5.78. The van der Waals surface area contributed by atoms with Crippen molar-refractivity contribution in [3.8, 4) is 0 Å². The molecule has 1 fully saturated rings. The number of unbranched alkanes of at least 4 members (excludes halogenated alkanes) is 1. The molecule has 2 heterocycles. The molecule has 0 unspecified atom stereocenters. The van der Waals surface area contributed by atoms with Crippen molar-refractivity contribution in [3.05, 3.63) is 47.6 Å². The number of benzene rings is 1. The maximum atomic E-state index is 4.45. The molecule has 3 rings (SSSR count). The van der Waals surface area contributed by atoms with Crippen LogP contribution in [-0.4, -0.2) is 23.1 Å². The summed E-state index contributed by atoms with van der Waals surface area (Å²) in [5.41, 5.74) is 4.66. The fourth-order valence-electron chi connectivity index (χ4n) is 2.77. The first-order valence-corrected chi connectivity index (χ1v) is 7.72. The highest BCUT2D eigenvalue weighted by Crippen LogP contribution is 2.19. The van der Waals surface area contributed by atoms with Gasteiger partial charge < -0.3 is 10.6 Å². The second kappa shape index (κ2) is 6.57. The maximum Gasteiger partial charge on any atom is 0.0945 e. The first kappa shape index (κ1) is 13.9. The number of rotatable bonds is 4. The van der Waals surface area contributed by atoms with Crippen molar-refractivity contribution in [2.45, 2.75) is 32.6 Å². The zero-order chi connectivity index (χ0) is 14.5. The van der Waals surface area contributed by atoms with Gasteiger partial charge in [-0.1, -0.05) is 6.07 Å². The van der Waals surface area contributed by atoms with Crippen LogP contribution in [0.15, 0.2) is 36.4 Å². The van der Waals surface area contributed by atoms with E-state index in [4.69, 9.17) is 0 Å². The molecule has 0 saturated carbocycles. The molecule has 0 bridgehead atoms. The van der Waals surface area contributed by atoms with Gasteiger partial charge >= 0.3 is 0 Å². The maximum absolute atomic E-state index is 4.45. The summed E-state index contributed by atoms with van der Waals surface area (Å²) < 4.78 is 0.